The molecule has 0 atom stereocenters. The molecule has 10 aromatic carbocycles. The molecule has 10 aromatic rings. The molecule has 0 aromatic heterocycles. The summed E-state index contributed by atoms with van der Waals surface area (Å²) in [7, 11) is 0. The number of fused-ring (bicyclic) bond motifs is 12. The highest BCUT2D eigenvalue weighted by Crippen LogP contribution is 2.63. The number of rotatable bonds is 6. The fraction of sp³-hybridized carbons (Fsp3) is 0.0323. The smallest absolute Gasteiger partial charge is 0.132 e. The summed E-state index contributed by atoms with van der Waals surface area (Å²) in [6, 6.07) is 91.0. The van der Waals surface area contributed by atoms with Gasteiger partial charge >= 0.3 is 0 Å². The second-order valence-electron chi connectivity index (χ2n) is 17.1. The summed E-state index contributed by atoms with van der Waals surface area (Å²) in [5.41, 5.74) is 19.7. The highest BCUT2D eigenvalue weighted by molar-refractivity contribution is 5.96. The van der Waals surface area contributed by atoms with Gasteiger partial charge in [-0.2, -0.15) is 0 Å². The first-order chi connectivity index (χ1) is 31.8. The summed E-state index contributed by atoms with van der Waals surface area (Å²) in [6.07, 6.45) is 0. The van der Waals surface area contributed by atoms with Crippen LogP contribution in [-0.4, -0.2) is 0 Å². The SMILES string of the molecule is c1ccc(N(c2ccc(-c3cccc4c3-c3ccccc3C4(c3ccccc3)c3ccccc3)cc2)c2ccc3c(c2)C2(c4ccccc4O3)c3ccccc3-c3ccccc32)cc1. The van der Waals surface area contributed by atoms with Crippen LogP contribution >= 0.6 is 0 Å². The average Bonchev–Trinajstić information content (AvgIpc) is 3.84. The molecule has 1 heterocycles. The Balaban J connectivity index is 0.981. The topological polar surface area (TPSA) is 12.5 Å². The van der Waals surface area contributed by atoms with Gasteiger partial charge < -0.3 is 9.64 Å². The number of anilines is 3. The molecule has 0 saturated carbocycles. The van der Waals surface area contributed by atoms with E-state index >= 15 is 0 Å². The lowest BCUT2D eigenvalue weighted by Gasteiger charge is -2.40. The van der Waals surface area contributed by atoms with E-state index in [-0.39, 0.29) is 0 Å². The van der Waals surface area contributed by atoms with Gasteiger partial charge in [-0.15, -0.1) is 0 Å². The summed E-state index contributed by atoms with van der Waals surface area (Å²) < 4.78 is 6.82. The molecule has 64 heavy (non-hydrogen) atoms. The molecule has 1 spiro atoms. The normalized spacial score (nSPS) is 14.0. The highest BCUT2D eigenvalue weighted by Gasteiger charge is 2.51. The molecule has 300 valence electrons. The zero-order chi connectivity index (χ0) is 42.2. The molecule has 2 nitrogen and oxygen atoms in total. The van der Waals surface area contributed by atoms with Crippen LogP contribution < -0.4 is 9.64 Å². The molecule has 3 aliphatic rings. The van der Waals surface area contributed by atoms with Gasteiger partial charge in [0.05, 0.1) is 10.8 Å². The van der Waals surface area contributed by atoms with E-state index in [1.807, 2.05) is 0 Å². The zero-order valence-electron chi connectivity index (χ0n) is 35.0. The lowest BCUT2D eigenvalue weighted by atomic mass is 9.66. The number of para-hydroxylation sites is 2. The predicted molar refractivity (Wildman–Crippen MR) is 261 cm³/mol. The first-order valence-corrected chi connectivity index (χ1v) is 22.2. The zero-order valence-corrected chi connectivity index (χ0v) is 35.0. The van der Waals surface area contributed by atoms with Crippen LogP contribution in [0.25, 0.3) is 33.4 Å². The van der Waals surface area contributed by atoms with Gasteiger partial charge in [0, 0.05) is 28.2 Å². The Bertz CT molecular complexity index is 3320. The van der Waals surface area contributed by atoms with Crippen LogP contribution in [-0.2, 0) is 10.8 Å². The monoisotopic (exact) mass is 815 g/mol. The van der Waals surface area contributed by atoms with Crippen molar-refractivity contribution in [3.63, 3.8) is 0 Å². The van der Waals surface area contributed by atoms with Crippen molar-refractivity contribution in [1.29, 1.82) is 0 Å². The van der Waals surface area contributed by atoms with Crippen molar-refractivity contribution in [3.05, 3.63) is 293 Å². The molecule has 0 amide bonds. The lowest BCUT2D eigenvalue weighted by Crippen LogP contribution is -2.32. The molecule has 13 rings (SSSR count). The molecule has 0 saturated heterocycles. The maximum absolute atomic E-state index is 6.82. The van der Waals surface area contributed by atoms with Crippen LogP contribution in [0.1, 0.15) is 44.5 Å². The average molecular weight is 816 g/mol. The molecular weight excluding hydrogens is 775 g/mol. The number of benzene rings is 10. The van der Waals surface area contributed by atoms with E-state index in [4.69, 9.17) is 4.74 Å². The molecule has 0 unspecified atom stereocenters. The Morgan fingerprint density at radius 3 is 1.38 bits per heavy atom. The van der Waals surface area contributed by atoms with Crippen LogP contribution in [0.4, 0.5) is 17.1 Å². The fourth-order valence-corrected chi connectivity index (χ4v) is 11.5. The first-order valence-electron chi connectivity index (χ1n) is 22.2. The number of ether oxygens (including phenoxy) is 1. The Morgan fingerprint density at radius 1 is 0.281 bits per heavy atom. The summed E-state index contributed by atoms with van der Waals surface area (Å²) in [4.78, 5) is 2.38. The van der Waals surface area contributed by atoms with E-state index < -0.39 is 10.8 Å². The van der Waals surface area contributed by atoms with E-state index in [2.05, 4.69) is 254 Å². The fourth-order valence-electron chi connectivity index (χ4n) is 11.5. The van der Waals surface area contributed by atoms with Crippen LogP contribution in [0, 0.1) is 0 Å². The maximum Gasteiger partial charge on any atom is 0.132 e. The Labute approximate surface area is 374 Å². The molecule has 0 N–H and O–H groups in total. The van der Waals surface area contributed by atoms with Gasteiger partial charge in [-0.3, -0.25) is 0 Å². The summed E-state index contributed by atoms with van der Waals surface area (Å²) in [5, 5.41) is 0. The van der Waals surface area contributed by atoms with Crippen LogP contribution in [0.2, 0.25) is 0 Å². The van der Waals surface area contributed by atoms with Crippen molar-refractivity contribution in [2.45, 2.75) is 10.8 Å². The van der Waals surface area contributed by atoms with E-state index in [0.29, 0.717) is 0 Å². The largest absolute Gasteiger partial charge is 0.457 e. The van der Waals surface area contributed by atoms with Gasteiger partial charge in [-0.25, -0.2) is 0 Å². The molecule has 0 radical (unpaired) electrons. The predicted octanol–water partition coefficient (Wildman–Crippen LogP) is 15.7. The minimum absolute atomic E-state index is 0.455. The Morgan fingerprint density at radius 2 is 0.734 bits per heavy atom. The van der Waals surface area contributed by atoms with Crippen molar-refractivity contribution in [2.24, 2.45) is 0 Å². The van der Waals surface area contributed by atoms with Crippen molar-refractivity contribution in [2.75, 3.05) is 4.90 Å². The number of nitrogens with zero attached hydrogens (tertiary/aromatic N) is 1. The summed E-state index contributed by atoms with van der Waals surface area (Å²) in [6.45, 7) is 0. The van der Waals surface area contributed by atoms with E-state index in [9.17, 15) is 0 Å². The molecule has 0 fully saturated rings. The first kappa shape index (κ1) is 36.5. The maximum atomic E-state index is 6.82. The third kappa shape index (κ3) is 5.02. The Kier molecular flexibility index (Phi) is 8.07. The van der Waals surface area contributed by atoms with Gasteiger partial charge in [-0.05, 0) is 115 Å². The third-order valence-electron chi connectivity index (χ3n) is 14.0. The Hall–Kier alpha value is -8.20. The minimum atomic E-state index is -0.557. The molecule has 2 heteroatoms. The van der Waals surface area contributed by atoms with Gasteiger partial charge in [0.1, 0.15) is 11.5 Å². The molecule has 0 bridgehead atoms. The van der Waals surface area contributed by atoms with Crippen molar-refractivity contribution in [3.8, 4) is 44.9 Å². The molecule has 2 aliphatic carbocycles. The van der Waals surface area contributed by atoms with Crippen molar-refractivity contribution >= 4 is 17.1 Å². The van der Waals surface area contributed by atoms with Gasteiger partial charge in [0.15, 0.2) is 0 Å². The van der Waals surface area contributed by atoms with Crippen molar-refractivity contribution < 1.29 is 4.74 Å². The molecular formula is C62H41NO. The summed E-state index contributed by atoms with van der Waals surface area (Å²) in [5.74, 6) is 1.77. The third-order valence-corrected chi connectivity index (χ3v) is 14.0. The lowest BCUT2D eigenvalue weighted by molar-refractivity contribution is 0.436. The second kappa shape index (κ2) is 14.2. The van der Waals surface area contributed by atoms with Crippen LogP contribution in [0.15, 0.2) is 249 Å². The number of hydrogen-bond donors (Lipinski definition) is 0. The second-order valence-corrected chi connectivity index (χ2v) is 17.1. The van der Waals surface area contributed by atoms with Crippen molar-refractivity contribution in [1.82, 2.24) is 0 Å². The minimum Gasteiger partial charge on any atom is -0.457 e. The van der Waals surface area contributed by atoms with Gasteiger partial charge in [-0.1, -0.05) is 200 Å². The van der Waals surface area contributed by atoms with Crippen LogP contribution in [0.5, 0.6) is 11.5 Å². The standard InChI is InChI=1S/C62H41NO/c1-4-19-43(20-5-1)61(44-21-6-2-7-22-44)54-31-15-12-27-51(54)60-48(28-18-33-56(60)61)42-35-37-46(38-36-42)63(45-23-8-3-9-24-45)47-39-40-59-57(41-47)62(55-32-16-17-34-58(55)64-59)52-29-13-10-25-49(52)50-26-11-14-30-53(50)62/h1-41H. The highest BCUT2D eigenvalue weighted by atomic mass is 16.5. The van der Waals surface area contributed by atoms with Gasteiger partial charge in [0.2, 0.25) is 0 Å². The summed E-state index contributed by atoms with van der Waals surface area (Å²) >= 11 is 0. The van der Waals surface area contributed by atoms with E-state index in [1.54, 1.807) is 0 Å². The van der Waals surface area contributed by atoms with Crippen LogP contribution in [0.3, 0.4) is 0 Å². The quantitative estimate of drug-likeness (QED) is 0.166. The van der Waals surface area contributed by atoms with E-state index in [1.165, 1.54) is 66.8 Å². The van der Waals surface area contributed by atoms with E-state index in [0.717, 1.165) is 39.7 Å². The van der Waals surface area contributed by atoms with Gasteiger partial charge in [0.25, 0.3) is 0 Å². The number of hydrogen-bond acceptors (Lipinski definition) is 2. The molecule has 1 aliphatic heterocycles.